The molecule has 27 heavy (non-hydrogen) atoms. The maximum absolute atomic E-state index is 13.0. The van der Waals surface area contributed by atoms with Crippen LogP contribution in [0.2, 0.25) is 5.02 Å². The SMILES string of the molecule is O=C(Nc1ccc(Cl)cc1)c1ccccc1NS(=O)(=O)c1ccc(F)cc1. The molecule has 2 N–H and O–H groups in total. The zero-order valence-corrected chi connectivity index (χ0v) is 15.4. The van der Waals surface area contributed by atoms with Crippen molar-refractivity contribution in [2.75, 3.05) is 10.0 Å². The summed E-state index contributed by atoms with van der Waals surface area (Å²) in [7, 11) is -3.98. The van der Waals surface area contributed by atoms with E-state index in [-0.39, 0.29) is 16.1 Å². The van der Waals surface area contributed by atoms with Crippen LogP contribution < -0.4 is 10.0 Å². The van der Waals surface area contributed by atoms with Gasteiger partial charge in [0.05, 0.1) is 16.1 Å². The number of rotatable bonds is 5. The highest BCUT2D eigenvalue weighted by atomic mass is 35.5. The molecule has 3 aromatic rings. The molecule has 0 aliphatic rings. The highest BCUT2D eigenvalue weighted by Gasteiger charge is 2.18. The fourth-order valence-corrected chi connectivity index (χ4v) is 3.52. The quantitative estimate of drug-likeness (QED) is 0.655. The molecule has 0 spiro atoms. The van der Waals surface area contributed by atoms with E-state index in [1.54, 1.807) is 36.4 Å². The maximum Gasteiger partial charge on any atom is 0.261 e. The first-order valence-electron chi connectivity index (χ1n) is 7.79. The first kappa shape index (κ1) is 18.9. The Kier molecular flexibility index (Phi) is 5.43. The standard InChI is InChI=1S/C19H14ClFN2O3S/c20-13-5-9-15(10-6-13)22-19(24)17-3-1-2-4-18(17)23-27(25,26)16-11-7-14(21)8-12-16/h1-12,23H,(H,22,24). The fourth-order valence-electron chi connectivity index (χ4n) is 2.32. The molecular weight excluding hydrogens is 391 g/mol. The lowest BCUT2D eigenvalue weighted by atomic mass is 10.1. The summed E-state index contributed by atoms with van der Waals surface area (Å²) in [6.45, 7) is 0. The van der Waals surface area contributed by atoms with Crippen LogP contribution in [0.15, 0.2) is 77.7 Å². The van der Waals surface area contributed by atoms with Gasteiger partial charge in [-0.25, -0.2) is 12.8 Å². The Morgan fingerprint density at radius 2 is 1.52 bits per heavy atom. The van der Waals surface area contributed by atoms with E-state index in [1.165, 1.54) is 12.1 Å². The van der Waals surface area contributed by atoms with Crippen molar-refractivity contribution in [1.29, 1.82) is 0 Å². The molecule has 3 rings (SSSR count). The van der Waals surface area contributed by atoms with Crippen LogP contribution in [0.25, 0.3) is 0 Å². The minimum absolute atomic E-state index is 0.105. The molecule has 0 aliphatic carbocycles. The molecule has 0 heterocycles. The molecule has 0 aliphatic heterocycles. The van der Waals surface area contributed by atoms with E-state index in [0.29, 0.717) is 10.7 Å². The molecule has 5 nitrogen and oxygen atoms in total. The van der Waals surface area contributed by atoms with Crippen molar-refractivity contribution in [1.82, 2.24) is 0 Å². The first-order chi connectivity index (χ1) is 12.8. The minimum atomic E-state index is -3.98. The summed E-state index contributed by atoms with van der Waals surface area (Å²) in [5, 5.41) is 3.21. The smallest absolute Gasteiger partial charge is 0.261 e. The first-order valence-corrected chi connectivity index (χ1v) is 9.65. The van der Waals surface area contributed by atoms with Crippen LogP contribution in [0.4, 0.5) is 15.8 Å². The monoisotopic (exact) mass is 404 g/mol. The van der Waals surface area contributed by atoms with Crippen LogP contribution in [0.3, 0.4) is 0 Å². The number of hydrogen-bond acceptors (Lipinski definition) is 3. The number of sulfonamides is 1. The van der Waals surface area contributed by atoms with Crippen molar-refractivity contribution in [3.05, 3.63) is 89.2 Å². The van der Waals surface area contributed by atoms with Gasteiger partial charge in [0.15, 0.2) is 0 Å². The number of carbonyl (C=O) groups is 1. The van der Waals surface area contributed by atoms with E-state index in [4.69, 9.17) is 11.6 Å². The number of anilines is 2. The molecule has 138 valence electrons. The molecule has 0 unspecified atom stereocenters. The van der Waals surface area contributed by atoms with Gasteiger partial charge in [-0.1, -0.05) is 23.7 Å². The lowest BCUT2D eigenvalue weighted by Crippen LogP contribution is -2.18. The van der Waals surface area contributed by atoms with Crippen molar-refractivity contribution in [2.45, 2.75) is 4.90 Å². The number of carbonyl (C=O) groups excluding carboxylic acids is 1. The molecule has 1 amide bonds. The summed E-state index contributed by atoms with van der Waals surface area (Å²) < 4.78 is 40.4. The van der Waals surface area contributed by atoms with Gasteiger partial charge < -0.3 is 5.32 Å². The van der Waals surface area contributed by atoms with Crippen molar-refractivity contribution in [3.8, 4) is 0 Å². The van der Waals surface area contributed by atoms with E-state index < -0.39 is 21.7 Å². The Morgan fingerprint density at radius 3 is 2.19 bits per heavy atom. The van der Waals surface area contributed by atoms with E-state index in [1.807, 2.05) is 0 Å². The molecular formula is C19H14ClFN2O3S. The number of hydrogen-bond donors (Lipinski definition) is 2. The van der Waals surface area contributed by atoms with Gasteiger partial charge in [-0.05, 0) is 60.7 Å². The number of para-hydroxylation sites is 1. The van der Waals surface area contributed by atoms with Gasteiger partial charge in [-0.2, -0.15) is 0 Å². The third-order valence-electron chi connectivity index (χ3n) is 3.64. The number of nitrogens with one attached hydrogen (secondary N) is 2. The number of halogens is 2. The molecule has 3 aromatic carbocycles. The molecule has 0 fully saturated rings. The largest absolute Gasteiger partial charge is 0.322 e. The van der Waals surface area contributed by atoms with Crippen molar-refractivity contribution >= 4 is 38.9 Å². The summed E-state index contributed by atoms with van der Waals surface area (Å²) in [4.78, 5) is 12.4. The Balaban J connectivity index is 1.86. The lowest BCUT2D eigenvalue weighted by molar-refractivity contribution is 0.102. The van der Waals surface area contributed by atoms with Gasteiger partial charge in [-0.3, -0.25) is 9.52 Å². The molecule has 0 radical (unpaired) electrons. The van der Waals surface area contributed by atoms with E-state index in [2.05, 4.69) is 10.0 Å². The highest BCUT2D eigenvalue weighted by molar-refractivity contribution is 7.92. The average Bonchev–Trinajstić information content (AvgIpc) is 2.64. The maximum atomic E-state index is 13.0. The second-order valence-corrected chi connectivity index (χ2v) is 7.68. The van der Waals surface area contributed by atoms with Gasteiger partial charge in [-0.15, -0.1) is 0 Å². The summed E-state index contributed by atoms with van der Waals surface area (Å²) in [5.74, 6) is -1.04. The topological polar surface area (TPSA) is 75.3 Å². The normalized spacial score (nSPS) is 11.0. The van der Waals surface area contributed by atoms with Gasteiger partial charge in [0.2, 0.25) is 0 Å². The Hall–Kier alpha value is -2.90. The van der Waals surface area contributed by atoms with Crippen LogP contribution in [0.1, 0.15) is 10.4 Å². The van der Waals surface area contributed by atoms with Crippen molar-refractivity contribution < 1.29 is 17.6 Å². The zero-order valence-electron chi connectivity index (χ0n) is 13.8. The molecule has 0 saturated heterocycles. The number of benzene rings is 3. The fraction of sp³-hybridized carbons (Fsp3) is 0. The van der Waals surface area contributed by atoms with Gasteiger partial charge in [0.25, 0.3) is 15.9 Å². The van der Waals surface area contributed by atoms with Crippen molar-refractivity contribution in [2.24, 2.45) is 0 Å². The second kappa shape index (κ2) is 7.77. The molecule has 8 heteroatoms. The van der Waals surface area contributed by atoms with Crippen LogP contribution in [0.5, 0.6) is 0 Å². The van der Waals surface area contributed by atoms with Gasteiger partial charge in [0.1, 0.15) is 5.82 Å². The average molecular weight is 405 g/mol. The Bertz CT molecular complexity index is 1070. The summed E-state index contributed by atoms with van der Waals surface area (Å²) in [6.07, 6.45) is 0. The van der Waals surface area contributed by atoms with Crippen LogP contribution >= 0.6 is 11.6 Å². The van der Waals surface area contributed by atoms with Crippen LogP contribution in [0, 0.1) is 5.82 Å². The molecule has 0 atom stereocenters. The second-order valence-electron chi connectivity index (χ2n) is 5.57. The Labute approximate surface area is 160 Å². The Morgan fingerprint density at radius 1 is 0.889 bits per heavy atom. The third kappa shape index (κ3) is 4.64. The van der Waals surface area contributed by atoms with Crippen molar-refractivity contribution in [3.63, 3.8) is 0 Å². The zero-order chi connectivity index (χ0) is 19.4. The number of amides is 1. The molecule has 0 saturated carbocycles. The van der Waals surface area contributed by atoms with Gasteiger partial charge >= 0.3 is 0 Å². The minimum Gasteiger partial charge on any atom is -0.322 e. The molecule has 0 aromatic heterocycles. The molecule has 0 bridgehead atoms. The van der Waals surface area contributed by atoms with Crippen LogP contribution in [-0.2, 0) is 10.0 Å². The van der Waals surface area contributed by atoms with Crippen LogP contribution in [-0.4, -0.2) is 14.3 Å². The summed E-state index contributed by atoms with van der Waals surface area (Å²) in [6, 6.07) is 17.1. The summed E-state index contributed by atoms with van der Waals surface area (Å²) >= 11 is 5.82. The van der Waals surface area contributed by atoms with E-state index in [0.717, 1.165) is 24.3 Å². The predicted octanol–water partition coefficient (Wildman–Crippen LogP) is 4.53. The van der Waals surface area contributed by atoms with E-state index in [9.17, 15) is 17.6 Å². The lowest BCUT2D eigenvalue weighted by Gasteiger charge is -2.13. The van der Waals surface area contributed by atoms with Gasteiger partial charge in [0, 0.05) is 10.7 Å². The third-order valence-corrected chi connectivity index (χ3v) is 5.28. The highest BCUT2D eigenvalue weighted by Crippen LogP contribution is 2.22. The van der Waals surface area contributed by atoms with E-state index >= 15 is 0 Å². The summed E-state index contributed by atoms with van der Waals surface area (Å²) in [5.41, 5.74) is 0.756. The predicted molar refractivity (Wildman–Crippen MR) is 103 cm³/mol.